The Labute approximate surface area is 415 Å². The van der Waals surface area contributed by atoms with Crippen LogP contribution < -0.4 is 10.6 Å². The Balaban J connectivity index is 0.000000360. The van der Waals surface area contributed by atoms with Gasteiger partial charge in [-0.2, -0.15) is 0 Å². The summed E-state index contributed by atoms with van der Waals surface area (Å²) in [5.74, 6) is 0.104. The number of unbranched alkanes of at least 4 members (excludes halogenated alkanes) is 24. The van der Waals surface area contributed by atoms with E-state index in [2.05, 4.69) is 34.3 Å². The molecule has 4 N–H and O–H groups in total. The molecule has 68 heavy (non-hydrogen) atoms. The summed E-state index contributed by atoms with van der Waals surface area (Å²) in [6.07, 6.45) is 33.5. The van der Waals surface area contributed by atoms with Gasteiger partial charge in [0, 0.05) is 52.1 Å². The number of morpholine rings is 2. The maximum absolute atomic E-state index is 12.7. The molecule has 388 valence electrons. The van der Waals surface area contributed by atoms with Crippen LogP contribution in [0.5, 0.6) is 0 Å². The molecular weight excluding hydrogens is 849 g/mol. The third kappa shape index (κ3) is 29.4. The highest BCUT2D eigenvalue weighted by molar-refractivity contribution is 5.76. The van der Waals surface area contributed by atoms with Gasteiger partial charge in [-0.3, -0.25) is 19.4 Å². The number of aliphatic hydroxyl groups excluding tert-OH is 2. The third-order valence-corrected chi connectivity index (χ3v) is 13.9. The second-order valence-electron chi connectivity index (χ2n) is 19.9. The first-order chi connectivity index (χ1) is 33.4. The molecule has 2 aromatic carbocycles. The Hall–Kier alpha value is -2.86. The fraction of sp³-hybridized carbons (Fsp3) is 0.759. The lowest BCUT2D eigenvalue weighted by Crippen LogP contribution is -2.49. The Morgan fingerprint density at radius 3 is 0.985 bits per heavy atom. The molecule has 4 rings (SSSR count). The third-order valence-electron chi connectivity index (χ3n) is 13.9. The number of hydrogen-bond acceptors (Lipinski definition) is 8. The Kier molecular flexibility index (Phi) is 35.7. The number of ether oxygens (including phenoxy) is 2. The first-order valence-corrected chi connectivity index (χ1v) is 28.1. The number of carbonyl (C=O) groups excluding carboxylic acids is 2. The number of benzene rings is 2. The minimum Gasteiger partial charge on any atom is -0.386 e. The Bertz CT molecular complexity index is 1350. The van der Waals surface area contributed by atoms with E-state index in [-0.39, 0.29) is 23.9 Å². The second-order valence-corrected chi connectivity index (χ2v) is 19.9. The van der Waals surface area contributed by atoms with Crippen LogP contribution in [0.1, 0.15) is 217 Å². The van der Waals surface area contributed by atoms with Crippen LogP contribution in [-0.2, 0) is 19.1 Å². The lowest BCUT2D eigenvalue weighted by atomic mass is 10.0. The summed E-state index contributed by atoms with van der Waals surface area (Å²) in [7, 11) is 0. The summed E-state index contributed by atoms with van der Waals surface area (Å²) in [5.41, 5.74) is 1.70. The molecule has 0 saturated carbocycles. The van der Waals surface area contributed by atoms with E-state index < -0.39 is 12.2 Å². The number of nitrogens with zero attached hydrogens (tertiary/aromatic N) is 2. The minimum atomic E-state index is -0.709. The van der Waals surface area contributed by atoms with Crippen molar-refractivity contribution in [1.29, 1.82) is 0 Å². The van der Waals surface area contributed by atoms with Gasteiger partial charge in [-0.05, 0) is 24.0 Å². The summed E-state index contributed by atoms with van der Waals surface area (Å²) in [6, 6.07) is 18.7. The van der Waals surface area contributed by atoms with Gasteiger partial charge in [0.05, 0.1) is 38.5 Å². The van der Waals surface area contributed by atoms with Crippen LogP contribution in [0.15, 0.2) is 60.7 Å². The van der Waals surface area contributed by atoms with Gasteiger partial charge in [0.1, 0.15) is 12.2 Å². The van der Waals surface area contributed by atoms with Crippen molar-refractivity contribution in [3.8, 4) is 0 Å². The lowest BCUT2D eigenvalue weighted by Gasteiger charge is -2.33. The van der Waals surface area contributed by atoms with Gasteiger partial charge in [-0.25, -0.2) is 0 Å². The van der Waals surface area contributed by atoms with E-state index >= 15 is 0 Å². The fourth-order valence-corrected chi connectivity index (χ4v) is 9.50. The molecule has 10 heteroatoms. The first kappa shape index (κ1) is 59.4. The molecule has 2 heterocycles. The number of aliphatic hydroxyl groups is 2. The van der Waals surface area contributed by atoms with Crippen LogP contribution >= 0.6 is 0 Å². The van der Waals surface area contributed by atoms with Gasteiger partial charge in [-0.15, -0.1) is 0 Å². The van der Waals surface area contributed by atoms with Crippen LogP contribution in [0.4, 0.5) is 0 Å². The molecule has 4 atom stereocenters. The molecule has 0 aromatic heterocycles. The smallest absolute Gasteiger partial charge is 0.220 e. The lowest BCUT2D eigenvalue weighted by molar-refractivity contribution is -0.124. The summed E-state index contributed by atoms with van der Waals surface area (Å²) in [5, 5.41) is 28.2. The van der Waals surface area contributed by atoms with Crippen molar-refractivity contribution in [2.75, 3.05) is 65.7 Å². The van der Waals surface area contributed by atoms with Crippen molar-refractivity contribution in [3.05, 3.63) is 71.8 Å². The minimum absolute atomic E-state index is 0.0521. The number of rotatable bonds is 38. The van der Waals surface area contributed by atoms with Crippen molar-refractivity contribution in [3.63, 3.8) is 0 Å². The van der Waals surface area contributed by atoms with Gasteiger partial charge < -0.3 is 30.3 Å². The molecule has 2 aromatic rings. The van der Waals surface area contributed by atoms with Crippen molar-refractivity contribution >= 4 is 11.8 Å². The van der Waals surface area contributed by atoms with Gasteiger partial charge >= 0.3 is 0 Å². The maximum Gasteiger partial charge on any atom is 0.220 e. The second kappa shape index (κ2) is 40.8. The van der Waals surface area contributed by atoms with Crippen LogP contribution in [0.25, 0.3) is 0 Å². The van der Waals surface area contributed by atoms with Crippen molar-refractivity contribution in [2.24, 2.45) is 0 Å². The zero-order valence-electron chi connectivity index (χ0n) is 43.4. The molecule has 2 fully saturated rings. The van der Waals surface area contributed by atoms with E-state index in [1.165, 1.54) is 141 Å². The molecule has 4 unspecified atom stereocenters. The number of hydrogen-bond donors (Lipinski definition) is 4. The van der Waals surface area contributed by atoms with E-state index in [0.29, 0.717) is 52.4 Å². The normalized spacial score (nSPS) is 16.3. The fourth-order valence-electron chi connectivity index (χ4n) is 9.50. The predicted molar refractivity (Wildman–Crippen MR) is 282 cm³/mol. The molecule has 2 saturated heterocycles. The van der Waals surface area contributed by atoms with Crippen LogP contribution in [0, 0.1) is 0 Å². The molecule has 2 aliphatic rings. The van der Waals surface area contributed by atoms with Gasteiger partial charge in [-0.1, -0.05) is 229 Å². The van der Waals surface area contributed by atoms with Crippen LogP contribution in [-0.4, -0.2) is 110 Å². The number of nitrogens with one attached hydrogen (secondary N) is 2. The van der Waals surface area contributed by atoms with E-state index in [1.807, 2.05) is 60.7 Å². The largest absolute Gasteiger partial charge is 0.386 e. The predicted octanol–water partition coefficient (Wildman–Crippen LogP) is 12.0. The number of carbonyl (C=O) groups is 2. The molecule has 2 amide bonds. The highest BCUT2D eigenvalue weighted by Gasteiger charge is 2.27. The number of amides is 2. The molecule has 10 nitrogen and oxygen atoms in total. The SMILES string of the molecule is CCCCCCCCCCCCCCCC(=O)NC(CN1CCOCC1)C(O)c1ccccc1.CCCCCCCCCCCCCCCC(=O)NC(CN1CCOCC1)C(O)c1ccccc1. The molecule has 0 radical (unpaired) electrons. The summed E-state index contributed by atoms with van der Waals surface area (Å²) in [4.78, 5) is 29.9. The van der Waals surface area contributed by atoms with E-state index in [4.69, 9.17) is 9.47 Å². The highest BCUT2D eigenvalue weighted by Crippen LogP contribution is 2.21. The van der Waals surface area contributed by atoms with Crippen LogP contribution in [0.3, 0.4) is 0 Å². The van der Waals surface area contributed by atoms with Crippen LogP contribution in [0.2, 0.25) is 0 Å². The Morgan fingerprint density at radius 1 is 0.441 bits per heavy atom. The standard InChI is InChI=1S/2C29H50N2O3/c2*1-2-3-4-5-6-7-8-9-10-11-12-13-17-20-28(32)30-27(25-31-21-23-34-24-22-31)29(33)26-18-15-14-16-19-26/h2*14-16,18-19,27,29,33H,2-13,17,20-25H2,1H3,(H,30,32). The average Bonchev–Trinajstić information content (AvgIpc) is 3.37. The monoisotopic (exact) mass is 949 g/mol. The quantitative estimate of drug-likeness (QED) is 0.0491. The average molecular weight is 949 g/mol. The van der Waals surface area contributed by atoms with Crippen molar-refractivity contribution < 1.29 is 29.3 Å². The highest BCUT2D eigenvalue weighted by atomic mass is 16.5. The molecular formula is C58H100N4O6. The summed E-state index contributed by atoms with van der Waals surface area (Å²) in [6.45, 7) is 12.0. The molecule has 0 spiro atoms. The molecule has 0 bridgehead atoms. The maximum atomic E-state index is 12.7. The van der Waals surface area contributed by atoms with Crippen molar-refractivity contribution in [2.45, 2.75) is 218 Å². The topological polar surface area (TPSA) is 124 Å². The van der Waals surface area contributed by atoms with E-state index in [0.717, 1.165) is 63.0 Å². The zero-order chi connectivity index (χ0) is 48.5. The zero-order valence-corrected chi connectivity index (χ0v) is 43.4. The first-order valence-electron chi connectivity index (χ1n) is 28.1. The van der Waals surface area contributed by atoms with E-state index in [1.54, 1.807) is 0 Å². The van der Waals surface area contributed by atoms with Crippen molar-refractivity contribution in [1.82, 2.24) is 20.4 Å². The van der Waals surface area contributed by atoms with E-state index in [9.17, 15) is 19.8 Å². The summed E-state index contributed by atoms with van der Waals surface area (Å²) >= 11 is 0. The molecule has 0 aliphatic carbocycles. The summed E-state index contributed by atoms with van der Waals surface area (Å²) < 4.78 is 10.9. The Morgan fingerprint density at radius 2 is 0.706 bits per heavy atom. The van der Waals surface area contributed by atoms with Gasteiger partial charge in [0.15, 0.2) is 0 Å². The van der Waals surface area contributed by atoms with Gasteiger partial charge in [0.2, 0.25) is 11.8 Å². The molecule has 2 aliphatic heterocycles. The van der Waals surface area contributed by atoms with Gasteiger partial charge in [0.25, 0.3) is 0 Å².